The van der Waals surface area contributed by atoms with E-state index in [9.17, 15) is 8.42 Å². The fourth-order valence-corrected chi connectivity index (χ4v) is 4.03. The van der Waals surface area contributed by atoms with Crippen molar-refractivity contribution in [1.29, 1.82) is 5.26 Å². The minimum Gasteiger partial charge on any atom is -0.495 e. The monoisotopic (exact) mass is 331 g/mol. The van der Waals surface area contributed by atoms with Gasteiger partial charge in [-0.15, -0.1) is 12.4 Å². The van der Waals surface area contributed by atoms with Gasteiger partial charge in [-0.3, -0.25) is 0 Å². The second kappa shape index (κ2) is 7.09. The zero-order valence-corrected chi connectivity index (χ0v) is 13.5. The van der Waals surface area contributed by atoms with E-state index < -0.39 is 10.0 Å². The van der Waals surface area contributed by atoms with Crippen molar-refractivity contribution < 1.29 is 13.2 Å². The smallest absolute Gasteiger partial charge is 0.247 e. The Balaban J connectivity index is 0.00000220. The van der Waals surface area contributed by atoms with Crippen LogP contribution in [0.25, 0.3) is 0 Å². The van der Waals surface area contributed by atoms with Gasteiger partial charge in [0.25, 0.3) is 0 Å². The minimum atomic E-state index is -3.62. The maximum Gasteiger partial charge on any atom is 0.247 e. The Bertz CT molecular complexity index is 643. The molecule has 1 saturated heterocycles. The van der Waals surface area contributed by atoms with E-state index in [1.807, 2.05) is 13.0 Å². The van der Waals surface area contributed by atoms with Gasteiger partial charge < -0.3 is 10.1 Å². The van der Waals surface area contributed by atoms with E-state index in [1.54, 1.807) is 0 Å². The first-order valence-electron chi connectivity index (χ1n) is 6.31. The molecule has 1 fully saturated rings. The number of hydrogen-bond acceptors (Lipinski definition) is 5. The van der Waals surface area contributed by atoms with E-state index in [0.29, 0.717) is 25.2 Å². The van der Waals surface area contributed by atoms with E-state index >= 15 is 0 Å². The molecule has 1 aliphatic rings. The predicted molar refractivity (Wildman–Crippen MR) is 81.2 cm³/mol. The number of nitrogens with one attached hydrogen (secondary N) is 1. The van der Waals surface area contributed by atoms with Gasteiger partial charge in [-0.25, -0.2) is 8.42 Å². The second-order valence-electron chi connectivity index (χ2n) is 4.65. The van der Waals surface area contributed by atoms with E-state index in [-0.39, 0.29) is 29.1 Å². The van der Waals surface area contributed by atoms with Crippen molar-refractivity contribution in [3.8, 4) is 11.8 Å². The number of ether oxygens (including phenoxy) is 1. The third kappa shape index (κ3) is 3.47. The molecule has 0 bridgehead atoms. The number of sulfonamides is 1. The van der Waals surface area contributed by atoms with Crippen LogP contribution in [-0.2, 0) is 10.0 Å². The summed E-state index contributed by atoms with van der Waals surface area (Å²) in [6.07, 6.45) is 0. The van der Waals surface area contributed by atoms with E-state index in [4.69, 9.17) is 10.00 Å². The van der Waals surface area contributed by atoms with Crippen LogP contribution >= 0.6 is 12.4 Å². The number of nitriles is 1. The van der Waals surface area contributed by atoms with Crippen molar-refractivity contribution in [2.24, 2.45) is 0 Å². The maximum atomic E-state index is 12.7. The summed E-state index contributed by atoms with van der Waals surface area (Å²) in [5, 5.41) is 12.0. The van der Waals surface area contributed by atoms with E-state index in [1.165, 1.54) is 29.6 Å². The molecule has 1 N–H and O–H groups in total. The summed E-state index contributed by atoms with van der Waals surface area (Å²) in [6, 6.07) is 6.22. The molecule has 1 heterocycles. The van der Waals surface area contributed by atoms with Crippen LogP contribution in [-0.4, -0.2) is 45.5 Å². The van der Waals surface area contributed by atoms with Crippen LogP contribution in [0.2, 0.25) is 0 Å². The van der Waals surface area contributed by atoms with Crippen molar-refractivity contribution in [2.75, 3.05) is 26.7 Å². The lowest BCUT2D eigenvalue weighted by Gasteiger charge is -2.33. The largest absolute Gasteiger partial charge is 0.495 e. The number of halogens is 1. The zero-order chi connectivity index (χ0) is 14.8. The molecule has 1 aliphatic heterocycles. The predicted octanol–water partition coefficient (Wildman–Crippen LogP) is 0.971. The van der Waals surface area contributed by atoms with Crippen LogP contribution in [0.3, 0.4) is 0 Å². The van der Waals surface area contributed by atoms with Crippen molar-refractivity contribution >= 4 is 22.4 Å². The maximum absolute atomic E-state index is 12.7. The lowest BCUT2D eigenvalue weighted by Crippen LogP contribution is -2.52. The number of rotatable bonds is 3. The Labute approximate surface area is 131 Å². The van der Waals surface area contributed by atoms with Gasteiger partial charge >= 0.3 is 0 Å². The highest BCUT2D eigenvalue weighted by Gasteiger charge is 2.33. The summed E-state index contributed by atoms with van der Waals surface area (Å²) >= 11 is 0. The van der Waals surface area contributed by atoms with E-state index in [0.717, 1.165) is 0 Å². The van der Waals surface area contributed by atoms with Crippen molar-refractivity contribution in [1.82, 2.24) is 9.62 Å². The number of hydrogen-bond donors (Lipinski definition) is 1. The highest BCUT2D eigenvalue weighted by atomic mass is 35.5. The Kier molecular flexibility index (Phi) is 5.98. The number of benzene rings is 1. The normalized spacial score (nSPS) is 19.4. The summed E-state index contributed by atoms with van der Waals surface area (Å²) in [6.45, 7) is 3.53. The highest BCUT2D eigenvalue weighted by Crippen LogP contribution is 2.29. The van der Waals surface area contributed by atoms with Crippen molar-refractivity contribution in [3.05, 3.63) is 23.8 Å². The Hall–Kier alpha value is -1.33. The summed E-state index contributed by atoms with van der Waals surface area (Å²) in [5.41, 5.74) is 0.370. The van der Waals surface area contributed by atoms with Crippen LogP contribution in [0, 0.1) is 11.3 Å². The SMILES string of the molecule is COc1cc(C#N)ccc1S(=O)(=O)N1CCNC[C@@H]1C.Cl. The van der Waals surface area contributed by atoms with Gasteiger partial charge in [-0.05, 0) is 25.1 Å². The third-order valence-corrected chi connectivity index (χ3v) is 5.37. The molecule has 6 nitrogen and oxygen atoms in total. The van der Waals surface area contributed by atoms with Gasteiger partial charge in [0, 0.05) is 25.7 Å². The average Bonchev–Trinajstić information content (AvgIpc) is 2.46. The standard InChI is InChI=1S/C13H17N3O3S.ClH/c1-10-9-15-5-6-16(10)20(17,18)13-4-3-11(8-14)7-12(13)19-2;/h3-4,7,10,15H,5-6,9H2,1-2H3;1H/t10-;/m0./s1. The average molecular weight is 332 g/mol. The summed E-state index contributed by atoms with van der Waals surface area (Å²) in [4.78, 5) is 0.104. The second-order valence-corrected chi connectivity index (χ2v) is 6.51. The van der Waals surface area contributed by atoms with Crippen molar-refractivity contribution in [2.45, 2.75) is 17.9 Å². The van der Waals surface area contributed by atoms with Crippen LogP contribution in [0.5, 0.6) is 5.75 Å². The molecule has 1 atom stereocenters. The van der Waals surface area contributed by atoms with Gasteiger partial charge in [-0.1, -0.05) is 0 Å². The number of piperazine rings is 1. The van der Waals surface area contributed by atoms with E-state index in [2.05, 4.69) is 5.32 Å². The summed E-state index contributed by atoms with van der Waals surface area (Å²) in [5.74, 6) is 0.204. The fourth-order valence-electron chi connectivity index (χ4n) is 2.26. The molecule has 21 heavy (non-hydrogen) atoms. The summed E-state index contributed by atoms with van der Waals surface area (Å²) < 4.78 is 32.0. The quantitative estimate of drug-likeness (QED) is 0.892. The molecule has 116 valence electrons. The molecule has 1 aromatic carbocycles. The van der Waals surface area contributed by atoms with Gasteiger partial charge in [0.1, 0.15) is 10.6 Å². The van der Waals surface area contributed by atoms with Gasteiger partial charge in [-0.2, -0.15) is 9.57 Å². The molecule has 0 aliphatic carbocycles. The topological polar surface area (TPSA) is 82.4 Å². The zero-order valence-electron chi connectivity index (χ0n) is 11.9. The minimum absolute atomic E-state index is 0. The lowest BCUT2D eigenvalue weighted by atomic mass is 10.2. The van der Waals surface area contributed by atoms with Gasteiger partial charge in [0.2, 0.25) is 10.0 Å². The fraction of sp³-hybridized carbons (Fsp3) is 0.462. The third-order valence-electron chi connectivity index (χ3n) is 3.32. The molecule has 0 unspecified atom stereocenters. The first kappa shape index (κ1) is 17.7. The van der Waals surface area contributed by atoms with Crippen LogP contribution in [0.1, 0.15) is 12.5 Å². The number of methoxy groups -OCH3 is 1. The van der Waals surface area contributed by atoms with Crippen molar-refractivity contribution in [3.63, 3.8) is 0 Å². The first-order valence-corrected chi connectivity index (χ1v) is 7.75. The van der Waals surface area contributed by atoms with Crippen LogP contribution in [0.15, 0.2) is 23.1 Å². The molecular formula is C13H18ClN3O3S. The summed E-state index contributed by atoms with van der Waals surface area (Å²) in [7, 11) is -2.22. The van der Waals surface area contributed by atoms with Crippen LogP contribution < -0.4 is 10.1 Å². The van der Waals surface area contributed by atoms with Gasteiger partial charge in [0.15, 0.2) is 0 Å². The first-order chi connectivity index (χ1) is 9.50. The molecular weight excluding hydrogens is 314 g/mol. The van der Waals surface area contributed by atoms with Gasteiger partial charge in [0.05, 0.1) is 18.7 Å². The molecule has 0 radical (unpaired) electrons. The molecule has 0 aromatic heterocycles. The number of nitrogens with zero attached hydrogens (tertiary/aromatic N) is 2. The highest BCUT2D eigenvalue weighted by molar-refractivity contribution is 7.89. The molecule has 0 amide bonds. The molecule has 0 spiro atoms. The molecule has 8 heteroatoms. The lowest BCUT2D eigenvalue weighted by molar-refractivity contribution is 0.282. The van der Waals surface area contributed by atoms with Crippen LogP contribution in [0.4, 0.5) is 0 Å². The molecule has 0 saturated carbocycles. The Morgan fingerprint density at radius 2 is 2.19 bits per heavy atom. The Morgan fingerprint density at radius 3 is 2.76 bits per heavy atom. The Morgan fingerprint density at radius 1 is 1.48 bits per heavy atom. The molecule has 1 aromatic rings. The molecule has 2 rings (SSSR count).